The quantitative estimate of drug-likeness (QED) is 0.605. The van der Waals surface area contributed by atoms with Crippen LogP contribution in [0.15, 0.2) is 53.0 Å². The molecule has 1 heterocycles. The lowest BCUT2D eigenvalue weighted by Gasteiger charge is -1.93. The van der Waals surface area contributed by atoms with Gasteiger partial charge in [-0.25, -0.2) is 0 Å². The monoisotopic (exact) mass is 286 g/mol. The van der Waals surface area contributed by atoms with E-state index in [4.69, 9.17) is 4.42 Å². The number of fused-ring (bicyclic) bond motifs is 3. The first kappa shape index (κ1) is 10.6. The zero-order chi connectivity index (χ0) is 11.7. The second kappa shape index (κ2) is 4.38. The Kier molecular flexibility index (Phi) is 2.73. The van der Waals surface area contributed by atoms with Crippen LogP contribution >= 0.6 is 15.9 Å². The number of rotatable bonds is 2. The maximum Gasteiger partial charge on any atom is 0.135 e. The van der Waals surface area contributed by atoms with Crippen LogP contribution < -0.4 is 0 Å². The zero-order valence-electron chi connectivity index (χ0n) is 9.19. The van der Waals surface area contributed by atoms with Crippen molar-refractivity contribution in [3.05, 3.63) is 54.1 Å². The lowest BCUT2D eigenvalue weighted by atomic mass is 10.1. The van der Waals surface area contributed by atoms with E-state index in [1.165, 1.54) is 16.3 Å². The van der Waals surface area contributed by atoms with Gasteiger partial charge in [-0.05, 0) is 23.8 Å². The van der Waals surface area contributed by atoms with E-state index in [1.54, 1.807) is 0 Å². The van der Waals surface area contributed by atoms with Crippen molar-refractivity contribution in [3.8, 4) is 0 Å². The van der Waals surface area contributed by atoms with Gasteiger partial charge in [0.2, 0.25) is 0 Å². The van der Waals surface area contributed by atoms with Gasteiger partial charge in [0.15, 0.2) is 0 Å². The van der Waals surface area contributed by atoms with Crippen molar-refractivity contribution in [2.24, 2.45) is 0 Å². The van der Waals surface area contributed by atoms with E-state index >= 15 is 0 Å². The van der Waals surface area contributed by atoms with Crippen molar-refractivity contribution in [1.82, 2.24) is 0 Å². The van der Waals surface area contributed by atoms with Crippen molar-refractivity contribution in [1.29, 1.82) is 0 Å². The Morgan fingerprint density at radius 1 is 1.00 bits per heavy atom. The molecule has 0 atom stereocenters. The number of para-hydroxylation sites is 1. The smallest absolute Gasteiger partial charge is 0.135 e. The molecule has 0 radical (unpaired) electrons. The van der Waals surface area contributed by atoms with Crippen LogP contribution in [-0.2, 0) is 0 Å². The van der Waals surface area contributed by atoms with E-state index < -0.39 is 0 Å². The molecule has 3 rings (SSSR count). The molecular formula is C15H11BrO. The number of hydrogen-bond acceptors (Lipinski definition) is 1. The van der Waals surface area contributed by atoms with E-state index in [9.17, 15) is 0 Å². The first-order valence-electron chi connectivity index (χ1n) is 5.52. The van der Waals surface area contributed by atoms with Crippen molar-refractivity contribution in [2.45, 2.75) is 0 Å². The molecule has 2 aromatic carbocycles. The van der Waals surface area contributed by atoms with Gasteiger partial charge in [0, 0.05) is 16.1 Å². The van der Waals surface area contributed by atoms with Gasteiger partial charge in [-0.2, -0.15) is 0 Å². The van der Waals surface area contributed by atoms with Crippen LogP contribution in [0.1, 0.15) is 5.56 Å². The predicted molar refractivity (Wildman–Crippen MR) is 76.5 cm³/mol. The number of benzene rings is 2. The van der Waals surface area contributed by atoms with Crippen LogP contribution in [-0.4, -0.2) is 5.33 Å². The van der Waals surface area contributed by atoms with Gasteiger partial charge in [0.25, 0.3) is 0 Å². The van der Waals surface area contributed by atoms with Crippen molar-refractivity contribution in [3.63, 3.8) is 0 Å². The predicted octanol–water partition coefficient (Wildman–Crippen LogP) is 4.99. The van der Waals surface area contributed by atoms with Crippen LogP contribution in [0.2, 0.25) is 0 Å². The molecule has 0 aliphatic rings. The van der Waals surface area contributed by atoms with Gasteiger partial charge >= 0.3 is 0 Å². The molecule has 1 aromatic heterocycles. The molecule has 3 aromatic rings. The van der Waals surface area contributed by atoms with E-state index in [0.29, 0.717) is 0 Å². The summed E-state index contributed by atoms with van der Waals surface area (Å²) < 4.78 is 5.78. The average molecular weight is 287 g/mol. The SMILES string of the molecule is BrCC=Cc1ccc2oc3ccccc3c2c1. The Balaban J connectivity index is 2.26. The normalized spacial score (nSPS) is 11.8. The minimum Gasteiger partial charge on any atom is -0.456 e. The number of hydrogen-bond donors (Lipinski definition) is 0. The third-order valence-corrected chi connectivity index (χ3v) is 3.17. The summed E-state index contributed by atoms with van der Waals surface area (Å²) in [6.07, 6.45) is 4.19. The molecule has 0 aliphatic carbocycles. The Hall–Kier alpha value is -1.54. The van der Waals surface area contributed by atoms with Crippen molar-refractivity contribution in [2.75, 3.05) is 5.33 Å². The highest BCUT2D eigenvalue weighted by molar-refractivity contribution is 9.09. The third-order valence-electron chi connectivity index (χ3n) is 2.80. The minimum atomic E-state index is 0.872. The highest BCUT2D eigenvalue weighted by Gasteiger charge is 2.05. The summed E-state index contributed by atoms with van der Waals surface area (Å²) in [7, 11) is 0. The van der Waals surface area contributed by atoms with Crippen LogP contribution in [0.3, 0.4) is 0 Å². The first-order chi connectivity index (χ1) is 8.38. The van der Waals surface area contributed by atoms with Gasteiger partial charge in [-0.3, -0.25) is 0 Å². The Bertz CT molecular complexity index is 694. The molecular weight excluding hydrogens is 276 g/mol. The summed E-state index contributed by atoms with van der Waals surface area (Å²) in [5.74, 6) is 0. The number of furan rings is 1. The summed E-state index contributed by atoms with van der Waals surface area (Å²) in [5.41, 5.74) is 3.09. The lowest BCUT2D eigenvalue weighted by molar-refractivity contribution is 0.669. The molecule has 0 N–H and O–H groups in total. The third kappa shape index (κ3) is 1.89. The van der Waals surface area contributed by atoms with E-state index in [2.05, 4.69) is 46.3 Å². The van der Waals surface area contributed by atoms with E-state index in [1.807, 2.05) is 24.3 Å². The summed E-state index contributed by atoms with van der Waals surface area (Å²) >= 11 is 3.38. The number of alkyl halides is 1. The minimum absolute atomic E-state index is 0.872. The van der Waals surface area contributed by atoms with Crippen LogP contribution in [0.5, 0.6) is 0 Å². The Labute approximate surface area is 108 Å². The molecule has 0 bridgehead atoms. The van der Waals surface area contributed by atoms with Crippen molar-refractivity contribution >= 4 is 43.9 Å². The Morgan fingerprint density at radius 2 is 1.82 bits per heavy atom. The van der Waals surface area contributed by atoms with Crippen LogP contribution in [0.4, 0.5) is 0 Å². The largest absolute Gasteiger partial charge is 0.456 e. The molecule has 1 nitrogen and oxygen atoms in total. The second-order valence-electron chi connectivity index (χ2n) is 3.91. The van der Waals surface area contributed by atoms with Crippen molar-refractivity contribution < 1.29 is 4.42 Å². The molecule has 17 heavy (non-hydrogen) atoms. The zero-order valence-corrected chi connectivity index (χ0v) is 10.8. The topological polar surface area (TPSA) is 13.1 Å². The maximum atomic E-state index is 5.78. The summed E-state index contributed by atoms with van der Waals surface area (Å²) in [4.78, 5) is 0. The second-order valence-corrected chi connectivity index (χ2v) is 4.56. The highest BCUT2D eigenvalue weighted by Crippen LogP contribution is 2.29. The Morgan fingerprint density at radius 3 is 2.71 bits per heavy atom. The summed E-state index contributed by atoms with van der Waals surface area (Å²) in [5, 5.41) is 3.23. The van der Waals surface area contributed by atoms with E-state index in [-0.39, 0.29) is 0 Å². The molecule has 0 saturated heterocycles. The number of halogens is 1. The van der Waals surface area contributed by atoms with Gasteiger partial charge in [-0.1, -0.05) is 52.3 Å². The van der Waals surface area contributed by atoms with E-state index in [0.717, 1.165) is 16.5 Å². The van der Waals surface area contributed by atoms with Gasteiger partial charge < -0.3 is 4.42 Å². The standard InChI is InChI=1S/C15H11BrO/c16-9-3-4-11-7-8-15-13(10-11)12-5-1-2-6-14(12)17-15/h1-8,10H,9H2. The molecule has 0 spiro atoms. The first-order valence-corrected chi connectivity index (χ1v) is 6.64. The fraction of sp³-hybridized carbons (Fsp3) is 0.0667. The summed E-state index contributed by atoms with van der Waals surface area (Å²) in [6.45, 7) is 0. The molecule has 0 fully saturated rings. The fourth-order valence-electron chi connectivity index (χ4n) is 2.03. The maximum absolute atomic E-state index is 5.78. The number of allylic oxidation sites excluding steroid dienone is 1. The van der Waals surface area contributed by atoms with Gasteiger partial charge in [-0.15, -0.1) is 0 Å². The molecule has 0 unspecified atom stereocenters. The molecule has 0 amide bonds. The molecule has 0 saturated carbocycles. The summed E-state index contributed by atoms with van der Waals surface area (Å²) in [6, 6.07) is 14.4. The molecule has 0 aliphatic heterocycles. The van der Waals surface area contributed by atoms with Crippen LogP contribution in [0.25, 0.3) is 28.0 Å². The van der Waals surface area contributed by atoms with Gasteiger partial charge in [0.05, 0.1) is 0 Å². The van der Waals surface area contributed by atoms with Gasteiger partial charge in [0.1, 0.15) is 11.2 Å². The van der Waals surface area contributed by atoms with Crippen LogP contribution in [0, 0.1) is 0 Å². The molecule has 84 valence electrons. The molecule has 2 heteroatoms. The highest BCUT2D eigenvalue weighted by atomic mass is 79.9. The fourth-order valence-corrected chi connectivity index (χ4v) is 2.21. The lowest BCUT2D eigenvalue weighted by Crippen LogP contribution is -1.72. The average Bonchev–Trinajstić information content (AvgIpc) is 2.74.